The van der Waals surface area contributed by atoms with E-state index in [1.165, 1.54) is 12.1 Å². The van der Waals surface area contributed by atoms with Gasteiger partial charge in [0.15, 0.2) is 0 Å². The van der Waals surface area contributed by atoms with Gasteiger partial charge in [0.25, 0.3) is 0 Å². The van der Waals surface area contributed by atoms with Gasteiger partial charge in [-0.1, -0.05) is 145 Å². The van der Waals surface area contributed by atoms with E-state index < -0.39 is 184 Å². The summed E-state index contributed by atoms with van der Waals surface area (Å²) in [7, 11) is 0. The molecular formula is C47H30O2. The van der Waals surface area contributed by atoms with Crippen molar-refractivity contribution in [3.63, 3.8) is 0 Å². The maximum absolute atomic E-state index is 9.72. The topological polar surface area (TPSA) is 26.3 Å². The first-order valence-electron chi connectivity index (χ1n) is 26.8. The number of hydrogen-bond donors (Lipinski definition) is 0. The molecule has 0 N–H and O–H groups in total. The summed E-state index contributed by atoms with van der Waals surface area (Å²) in [4.78, 5) is 0. The number of fused-ring (bicyclic) bond motifs is 8. The van der Waals surface area contributed by atoms with E-state index in [1.807, 2.05) is 0 Å². The molecule has 0 spiro atoms. The minimum atomic E-state index is -1.91. The molecule has 10 aromatic rings. The lowest BCUT2D eigenvalue weighted by Gasteiger charge is -2.21. The van der Waals surface area contributed by atoms with Crippen molar-refractivity contribution in [2.75, 3.05) is 0 Å². The van der Waals surface area contributed by atoms with Gasteiger partial charge < -0.3 is 8.83 Å². The third kappa shape index (κ3) is 4.49. The molecule has 8 aromatic carbocycles. The Bertz CT molecular complexity index is 4180. The van der Waals surface area contributed by atoms with Crippen LogP contribution in [0.3, 0.4) is 0 Å². The fourth-order valence-electron chi connectivity index (χ4n) is 6.16. The zero-order valence-electron chi connectivity index (χ0n) is 48.8. The van der Waals surface area contributed by atoms with E-state index >= 15 is 0 Å². The summed E-state index contributed by atoms with van der Waals surface area (Å²) < 4.78 is 225. The summed E-state index contributed by atoms with van der Waals surface area (Å²) >= 11 is 0. The summed E-state index contributed by atoms with van der Waals surface area (Å²) in [6.45, 7) is 0. The van der Waals surface area contributed by atoms with Gasteiger partial charge in [-0.3, -0.25) is 0 Å². The first-order chi connectivity index (χ1) is 34.3. The number of benzene rings is 8. The predicted octanol–water partition coefficient (Wildman–Crippen LogP) is 13.2. The maximum Gasteiger partial charge on any atom is 0.143 e. The van der Waals surface area contributed by atoms with Crippen molar-refractivity contribution >= 4 is 54.6 Å². The lowest BCUT2D eigenvalue weighted by atomic mass is 9.81. The Hall–Kier alpha value is -6.38. The third-order valence-corrected chi connectivity index (χ3v) is 8.30. The Morgan fingerprint density at radius 2 is 1.16 bits per heavy atom. The van der Waals surface area contributed by atoms with Gasteiger partial charge in [0.05, 0.1) is 32.9 Å². The van der Waals surface area contributed by atoms with E-state index in [9.17, 15) is 6.85 Å². The average Bonchev–Trinajstić information content (AvgIpc) is 3.93. The van der Waals surface area contributed by atoms with Crippen LogP contribution in [0.2, 0.25) is 0 Å². The van der Waals surface area contributed by atoms with E-state index in [4.69, 9.17) is 34.9 Å². The molecule has 2 nitrogen and oxygen atoms in total. The summed E-state index contributed by atoms with van der Waals surface area (Å²) in [5, 5.41) is -1.76. The van der Waals surface area contributed by atoms with E-state index in [0.29, 0.717) is 0 Å². The van der Waals surface area contributed by atoms with Gasteiger partial charge in [-0.05, 0) is 74.6 Å². The molecule has 1 atom stereocenters. The molecule has 0 saturated heterocycles. The summed E-state index contributed by atoms with van der Waals surface area (Å²) in [6.07, 6.45) is 0. The highest BCUT2D eigenvalue weighted by Crippen LogP contribution is 2.46. The molecule has 2 heteroatoms. The molecule has 2 aromatic heterocycles. The van der Waals surface area contributed by atoms with Crippen LogP contribution in [0, 0.1) is 0 Å². The minimum Gasteiger partial charge on any atom is -0.456 e. The first-order valence-corrected chi connectivity index (χ1v) is 14.8. The van der Waals surface area contributed by atoms with Gasteiger partial charge in [0, 0.05) is 32.8 Å². The average molecular weight is 651 g/mol. The zero-order chi connectivity index (χ0) is 53.2. The summed E-state index contributed by atoms with van der Waals surface area (Å²) in [6, 6.07) is -10.9. The highest BCUT2D eigenvalue weighted by molar-refractivity contribution is 6.16. The molecular weight excluding hydrogens is 597 g/mol. The van der Waals surface area contributed by atoms with Crippen LogP contribution in [0.5, 0.6) is 0 Å². The van der Waals surface area contributed by atoms with Crippen molar-refractivity contribution in [3.05, 3.63) is 192 Å². The van der Waals surface area contributed by atoms with Gasteiger partial charge >= 0.3 is 0 Å². The monoisotopic (exact) mass is 650 g/mol. The summed E-state index contributed by atoms with van der Waals surface area (Å²) in [5.41, 5.74) is -3.97. The maximum atomic E-state index is 9.72. The Labute approximate surface area is 317 Å². The highest BCUT2D eigenvalue weighted by Gasteiger charge is 2.26. The lowest BCUT2D eigenvalue weighted by molar-refractivity contribution is 0.668. The van der Waals surface area contributed by atoms with Gasteiger partial charge in [-0.15, -0.1) is 0 Å². The second kappa shape index (κ2) is 11.1. The second-order valence-corrected chi connectivity index (χ2v) is 11.0. The molecule has 0 bridgehead atoms. The normalized spacial score (nSPS) is 19.3. The number of hydrogen-bond acceptors (Lipinski definition) is 2. The van der Waals surface area contributed by atoms with E-state index in [1.54, 1.807) is 0 Å². The Morgan fingerprint density at radius 3 is 2.08 bits per heavy atom. The standard InChI is InChI=1S/C47H30O2/c1-3-11-30(12-4-1)32-21-23-34(24-22-32)44(37-17-10-20-43-45(37)39-27-25-33-15-7-8-16-36(33)47(39)49-43)38-18-9-19-42-46(38)40-29-35(26-28-41(40)48-42)31-13-5-2-6-14-31/h1-29,44H/i1D,2D,3D,4D,5D,6D,7D,8D,9D,10D,11D,12D,13D,15D,16D,17D,18D,19D,21D,23D,25D,26D,27D,28D. The molecule has 0 saturated carbocycles. The van der Waals surface area contributed by atoms with Crippen LogP contribution in [0.15, 0.2) is 184 Å². The molecule has 1 unspecified atom stereocenters. The molecule has 0 aliphatic rings. The van der Waals surface area contributed by atoms with Crippen LogP contribution < -0.4 is 0 Å². The second-order valence-electron chi connectivity index (χ2n) is 11.0. The molecule has 2 heterocycles. The zero-order valence-corrected chi connectivity index (χ0v) is 24.8. The molecule has 230 valence electrons. The van der Waals surface area contributed by atoms with Gasteiger partial charge in [-0.25, -0.2) is 0 Å². The Morgan fingerprint density at radius 1 is 0.408 bits per heavy atom. The minimum absolute atomic E-state index is 0.174. The van der Waals surface area contributed by atoms with Gasteiger partial charge in [0.2, 0.25) is 0 Å². The van der Waals surface area contributed by atoms with Crippen molar-refractivity contribution in [2.45, 2.75) is 5.92 Å². The smallest absolute Gasteiger partial charge is 0.143 e. The third-order valence-electron chi connectivity index (χ3n) is 8.30. The highest BCUT2D eigenvalue weighted by atomic mass is 16.3. The van der Waals surface area contributed by atoms with Crippen molar-refractivity contribution in [1.82, 2.24) is 0 Å². The van der Waals surface area contributed by atoms with Crippen LogP contribution in [-0.4, -0.2) is 0 Å². The molecule has 0 amide bonds. The molecule has 49 heavy (non-hydrogen) atoms. The van der Waals surface area contributed by atoms with Crippen LogP contribution in [0.25, 0.3) is 76.9 Å². The largest absolute Gasteiger partial charge is 0.456 e. The molecule has 0 aliphatic carbocycles. The Kier molecular flexibility index (Phi) is 2.93. The fraction of sp³-hybridized carbons (Fsp3) is 0.0213. The number of rotatable bonds is 5. The van der Waals surface area contributed by atoms with Crippen molar-refractivity contribution in [2.24, 2.45) is 0 Å². The van der Waals surface area contributed by atoms with Crippen molar-refractivity contribution in [3.8, 4) is 22.3 Å². The molecule has 0 radical (unpaired) electrons. The van der Waals surface area contributed by atoms with Gasteiger partial charge in [-0.2, -0.15) is 0 Å². The molecule has 0 aliphatic heterocycles. The van der Waals surface area contributed by atoms with Crippen LogP contribution in [0.1, 0.15) is 55.5 Å². The van der Waals surface area contributed by atoms with E-state index in [2.05, 4.69) is 0 Å². The summed E-state index contributed by atoms with van der Waals surface area (Å²) in [5.74, 6) is -1.91. The Balaban J connectivity index is 1.44. The first kappa shape index (κ1) is 12.9. The van der Waals surface area contributed by atoms with Crippen LogP contribution in [-0.2, 0) is 0 Å². The van der Waals surface area contributed by atoms with Crippen LogP contribution >= 0.6 is 0 Å². The quantitative estimate of drug-likeness (QED) is 0.173. The van der Waals surface area contributed by atoms with Gasteiger partial charge in [0.1, 0.15) is 22.3 Å². The van der Waals surface area contributed by atoms with E-state index in [0.717, 1.165) is 18.2 Å². The number of furan rings is 2. The molecule has 0 fully saturated rings. The van der Waals surface area contributed by atoms with Crippen molar-refractivity contribution in [1.29, 1.82) is 0 Å². The van der Waals surface area contributed by atoms with Crippen LogP contribution in [0.4, 0.5) is 0 Å². The SMILES string of the molecule is [2H]c1cc(-c2cc3c(oc4c([2H])c([2H])c([2H])c(C(c5ccc(-c6c([2H])c([2H])c([2H])c([2H])c6[2H])c([2H])c5[2H])c5c([2H])c([2H])cc6oc7c8c([2H])c([2H])c([2H])c([2H])c8c([2H])c([2H])c7c56)c43)c([2H])c2[2H])c([2H])c([2H])c1[2H]. The fourth-order valence-corrected chi connectivity index (χ4v) is 6.16. The van der Waals surface area contributed by atoms with Crippen molar-refractivity contribution < 1.29 is 41.7 Å². The lowest BCUT2D eigenvalue weighted by Crippen LogP contribution is -2.05. The van der Waals surface area contributed by atoms with E-state index in [-0.39, 0.29) is 60.4 Å². The molecule has 10 rings (SSSR count). The predicted molar refractivity (Wildman–Crippen MR) is 203 cm³/mol.